The molecular weight excluding hydrogens is 375 g/mol. The van der Waals surface area contributed by atoms with Crippen molar-refractivity contribution in [3.63, 3.8) is 0 Å². The first kappa shape index (κ1) is 20.4. The molecular formula is C18H19FN2O5S. The number of nitrogens with one attached hydrogen (secondary N) is 1. The minimum absolute atomic E-state index is 0.227. The number of aryl methyl sites for hydroxylation is 1. The fourth-order valence-corrected chi connectivity index (χ4v) is 3.21. The minimum Gasteiger partial charge on any atom is -0.465 e. The molecule has 27 heavy (non-hydrogen) atoms. The van der Waals surface area contributed by atoms with Crippen LogP contribution in [0.15, 0.2) is 42.5 Å². The second kappa shape index (κ2) is 8.17. The first-order valence-electron chi connectivity index (χ1n) is 7.84. The van der Waals surface area contributed by atoms with Gasteiger partial charge in [-0.25, -0.2) is 17.6 Å². The average molecular weight is 394 g/mol. The van der Waals surface area contributed by atoms with Crippen molar-refractivity contribution in [3.05, 3.63) is 59.4 Å². The van der Waals surface area contributed by atoms with E-state index in [-0.39, 0.29) is 11.3 Å². The highest BCUT2D eigenvalue weighted by Gasteiger charge is 2.23. The number of esters is 1. The van der Waals surface area contributed by atoms with Gasteiger partial charge in [0.15, 0.2) is 0 Å². The zero-order chi connectivity index (χ0) is 20.2. The molecule has 7 nitrogen and oxygen atoms in total. The van der Waals surface area contributed by atoms with E-state index in [1.165, 1.54) is 31.4 Å². The lowest BCUT2D eigenvalue weighted by Crippen LogP contribution is -2.38. The summed E-state index contributed by atoms with van der Waals surface area (Å²) in [6, 6.07) is 9.85. The molecule has 0 radical (unpaired) electrons. The lowest BCUT2D eigenvalue weighted by molar-refractivity contribution is -0.114. The van der Waals surface area contributed by atoms with Crippen LogP contribution in [0, 0.1) is 12.7 Å². The fourth-order valence-electron chi connectivity index (χ4n) is 2.36. The van der Waals surface area contributed by atoms with E-state index in [1.54, 1.807) is 19.1 Å². The van der Waals surface area contributed by atoms with E-state index >= 15 is 0 Å². The van der Waals surface area contributed by atoms with Crippen molar-refractivity contribution in [1.82, 2.24) is 0 Å². The normalized spacial score (nSPS) is 11.0. The number of amides is 1. The maximum atomic E-state index is 14.0. The Bertz CT molecular complexity index is 975. The van der Waals surface area contributed by atoms with Gasteiger partial charge in [-0.15, -0.1) is 0 Å². The third kappa shape index (κ3) is 5.04. The molecule has 2 rings (SSSR count). The Balaban J connectivity index is 2.27. The largest absolute Gasteiger partial charge is 0.465 e. The van der Waals surface area contributed by atoms with Crippen LogP contribution >= 0.6 is 0 Å². The van der Waals surface area contributed by atoms with Gasteiger partial charge < -0.3 is 10.1 Å². The summed E-state index contributed by atoms with van der Waals surface area (Å²) in [5.41, 5.74) is 0.986. The van der Waals surface area contributed by atoms with E-state index in [4.69, 9.17) is 0 Å². The maximum absolute atomic E-state index is 14.0. The summed E-state index contributed by atoms with van der Waals surface area (Å²) in [5, 5.41) is 2.55. The number of rotatable bonds is 6. The van der Waals surface area contributed by atoms with Crippen LogP contribution in [0.3, 0.4) is 0 Å². The second-order valence-electron chi connectivity index (χ2n) is 5.79. The Hall–Kier alpha value is -2.94. The van der Waals surface area contributed by atoms with Crippen LogP contribution < -0.4 is 9.62 Å². The van der Waals surface area contributed by atoms with Crippen LogP contribution in [0.1, 0.15) is 15.9 Å². The third-order valence-corrected chi connectivity index (χ3v) is 4.87. The highest BCUT2D eigenvalue weighted by molar-refractivity contribution is 7.92. The number of ether oxygens (including phenoxy) is 1. The SMILES string of the molecule is COC(=O)c1ccc(C)c(NC(=O)CN(c2ccccc2F)S(C)(=O)=O)c1. The Kier molecular flexibility index (Phi) is 6.17. The molecule has 1 amide bonds. The number of halogens is 1. The van der Waals surface area contributed by atoms with Gasteiger partial charge in [-0.3, -0.25) is 9.10 Å². The van der Waals surface area contributed by atoms with E-state index < -0.39 is 34.3 Å². The smallest absolute Gasteiger partial charge is 0.337 e. The van der Waals surface area contributed by atoms with Gasteiger partial charge in [0.25, 0.3) is 0 Å². The number of sulfonamides is 1. The van der Waals surface area contributed by atoms with E-state index in [9.17, 15) is 22.4 Å². The number of hydrogen-bond donors (Lipinski definition) is 1. The van der Waals surface area contributed by atoms with Gasteiger partial charge in [0.1, 0.15) is 12.4 Å². The highest BCUT2D eigenvalue weighted by atomic mass is 32.2. The summed E-state index contributed by atoms with van der Waals surface area (Å²) in [6.07, 6.45) is 0.885. The van der Waals surface area contributed by atoms with Gasteiger partial charge in [0.05, 0.1) is 24.6 Å². The fraction of sp³-hybridized carbons (Fsp3) is 0.222. The number of nitrogens with zero attached hydrogens (tertiary/aromatic N) is 1. The highest BCUT2D eigenvalue weighted by Crippen LogP contribution is 2.22. The van der Waals surface area contributed by atoms with Crippen molar-refractivity contribution in [2.24, 2.45) is 0 Å². The quantitative estimate of drug-likeness (QED) is 0.759. The van der Waals surface area contributed by atoms with Crippen LogP contribution in [0.5, 0.6) is 0 Å². The first-order chi connectivity index (χ1) is 12.6. The van der Waals surface area contributed by atoms with Crippen molar-refractivity contribution >= 4 is 33.3 Å². The first-order valence-corrected chi connectivity index (χ1v) is 9.69. The van der Waals surface area contributed by atoms with Gasteiger partial charge in [-0.2, -0.15) is 0 Å². The van der Waals surface area contributed by atoms with Gasteiger partial charge in [-0.1, -0.05) is 18.2 Å². The molecule has 0 aliphatic heterocycles. The maximum Gasteiger partial charge on any atom is 0.337 e. The molecule has 0 aromatic heterocycles. The Labute approximate surface area is 156 Å². The Morgan fingerprint density at radius 2 is 1.85 bits per heavy atom. The van der Waals surface area contributed by atoms with Crippen molar-refractivity contribution in [2.45, 2.75) is 6.92 Å². The molecule has 0 bridgehead atoms. The van der Waals surface area contributed by atoms with Gasteiger partial charge in [-0.05, 0) is 36.8 Å². The second-order valence-corrected chi connectivity index (χ2v) is 7.70. The van der Waals surface area contributed by atoms with E-state index in [0.717, 1.165) is 12.3 Å². The molecule has 0 unspecified atom stereocenters. The van der Waals surface area contributed by atoms with Crippen LogP contribution in [0.2, 0.25) is 0 Å². The molecule has 9 heteroatoms. The minimum atomic E-state index is -3.91. The van der Waals surface area contributed by atoms with Gasteiger partial charge in [0, 0.05) is 5.69 Å². The standard InChI is InChI=1S/C18H19FN2O5S/c1-12-8-9-13(18(23)26-2)10-15(12)20-17(22)11-21(27(3,24)25)16-7-5-4-6-14(16)19/h4-10H,11H2,1-3H3,(H,20,22). The van der Waals surface area contributed by atoms with Gasteiger partial charge >= 0.3 is 5.97 Å². The van der Waals surface area contributed by atoms with E-state index in [0.29, 0.717) is 15.6 Å². The predicted molar refractivity (Wildman–Crippen MR) is 99.7 cm³/mol. The van der Waals surface area contributed by atoms with Crippen LogP contribution in [-0.2, 0) is 19.6 Å². The Morgan fingerprint density at radius 3 is 2.44 bits per heavy atom. The summed E-state index contributed by atoms with van der Waals surface area (Å²) in [5.74, 6) is -2.02. The molecule has 0 aliphatic carbocycles. The molecule has 0 saturated heterocycles. The zero-order valence-corrected chi connectivity index (χ0v) is 15.8. The molecule has 1 N–H and O–H groups in total. The summed E-state index contributed by atoms with van der Waals surface area (Å²) in [6.45, 7) is 1.09. The van der Waals surface area contributed by atoms with Crippen LogP contribution in [-0.4, -0.2) is 40.2 Å². The number of methoxy groups -OCH3 is 1. The van der Waals surface area contributed by atoms with Crippen LogP contribution in [0.25, 0.3) is 0 Å². The number of anilines is 2. The molecule has 144 valence electrons. The zero-order valence-electron chi connectivity index (χ0n) is 15.0. The average Bonchev–Trinajstić information content (AvgIpc) is 2.60. The van der Waals surface area contributed by atoms with Crippen molar-refractivity contribution < 1.29 is 27.1 Å². The van der Waals surface area contributed by atoms with E-state index in [2.05, 4.69) is 10.1 Å². The van der Waals surface area contributed by atoms with Crippen molar-refractivity contribution in [1.29, 1.82) is 0 Å². The number of para-hydroxylation sites is 1. The van der Waals surface area contributed by atoms with Crippen molar-refractivity contribution in [2.75, 3.05) is 29.5 Å². The van der Waals surface area contributed by atoms with Crippen LogP contribution in [0.4, 0.5) is 15.8 Å². The third-order valence-electron chi connectivity index (χ3n) is 3.74. The topological polar surface area (TPSA) is 92.8 Å². The molecule has 2 aromatic rings. The van der Waals surface area contributed by atoms with Crippen molar-refractivity contribution in [3.8, 4) is 0 Å². The van der Waals surface area contributed by atoms with E-state index in [1.807, 2.05) is 0 Å². The number of carbonyl (C=O) groups is 2. The number of carbonyl (C=O) groups excluding carboxylic acids is 2. The lowest BCUT2D eigenvalue weighted by Gasteiger charge is -2.22. The molecule has 0 fully saturated rings. The summed E-state index contributed by atoms with van der Waals surface area (Å²) >= 11 is 0. The monoisotopic (exact) mass is 394 g/mol. The molecule has 0 aliphatic rings. The number of benzene rings is 2. The lowest BCUT2D eigenvalue weighted by atomic mass is 10.1. The molecule has 2 aromatic carbocycles. The molecule has 0 saturated carbocycles. The Morgan fingerprint density at radius 1 is 1.19 bits per heavy atom. The molecule has 0 heterocycles. The summed E-state index contributed by atoms with van der Waals surface area (Å²) in [7, 11) is -2.67. The summed E-state index contributed by atoms with van der Waals surface area (Å²) in [4.78, 5) is 24.0. The summed E-state index contributed by atoms with van der Waals surface area (Å²) < 4.78 is 43.4. The number of hydrogen-bond acceptors (Lipinski definition) is 5. The van der Waals surface area contributed by atoms with Gasteiger partial charge in [0.2, 0.25) is 15.9 Å². The molecule has 0 atom stereocenters. The predicted octanol–water partition coefficient (Wildman–Crippen LogP) is 2.33. The molecule has 0 spiro atoms.